The third kappa shape index (κ3) is 3.50. The van der Waals surface area contributed by atoms with Gasteiger partial charge in [0.05, 0.1) is 5.56 Å². The van der Waals surface area contributed by atoms with Crippen molar-refractivity contribution < 1.29 is 22.3 Å². The molecule has 1 nitrogen and oxygen atoms in total. The Labute approximate surface area is 113 Å². The number of rotatable bonds is 3. The van der Waals surface area contributed by atoms with Crippen molar-refractivity contribution in [2.45, 2.75) is 19.7 Å². The van der Waals surface area contributed by atoms with Crippen molar-refractivity contribution in [2.24, 2.45) is 0 Å². The van der Waals surface area contributed by atoms with E-state index in [9.17, 15) is 17.6 Å². The molecule has 2 aromatic carbocycles. The molecule has 0 radical (unpaired) electrons. The summed E-state index contributed by atoms with van der Waals surface area (Å²) < 4.78 is 56.1. The average molecular weight is 284 g/mol. The first kappa shape index (κ1) is 14.4. The second-order valence-electron chi connectivity index (χ2n) is 4.40. The molecule has 0 aliphatic heterocycles. The second-order valence-corrected chi connectivity index (χ2v) is 4.40. The van der Waals surface area contributed by atoms with Crippen LogP contribution in [0.4, 0.5) is 17.6 Å². The van der Waals surface area contributed by atoms with E-state index in [-0.39, 0.29) is 12.4 Å². The van der Waals surface area contributed by atoms with Crippen LogP contribution in [0.5, 0.6) is 5.75 Å². The van der Waals surface area contributed by atoms with Crippen molar-refractivity contribution >= 4 is 0 Å². The van der Waals surface area contributed by atoms with Crippen LogP contribution in [0, 0.1) is 12.7 Å². The van der Waals surface area contributed by atoms with Gasteiger partial charge in [-0.3, -0.25) is 0 Å². The maximum Gasteiger partial charge on any atom is 0.416 e. The van der Waals surface area contributed by atoms with E-state index in [1.807, 2.05) is 0 Å². The van der Waals surface area contributed by atoms with E-state index in [1.54, 1.807) is 13.0 Å². The Kier molecular flexibility index (Phi) is 3.97. The lowest BCUT2D eigenvalue weighted by Gasteiger charge is -2.10. The third-order valence-corrected chi connectivity index (χ3v) is 2.79. The van der Waals surface area contributed by atoms with Gasteiger partial charge < -0.3 is 4.74 Å². The average Bonchev–Trinajstić information content (AvgIpc) is 2.39. The first-order chi connectivity index (χ1) is 9.36. The fourth-order valence-corrected chi connectivity index (χ4v) is 1.71. The van der Waals surface area contributed by atoms with E-state index in [0.717, 1.165) is 12.1 Å². The monoisotopic (exact) mass is 284 g/mol. The zero-order valence-electron chi connectivity index (χ0n) is 10.7. The van der Waals surface area contributed by atoms with Crippen molar-refractivity contribution in [3.63, 3.8) is 0 Å². The van der Waals surface area contributed by atoms with Crippen LogP contribution in [0.3, 0.4) is 0 Å². The Morgan fingerprint density at radius 1 is 1.05 bits per heavy atom. The highest BCUT2D eigenvalue weighted by molar-refractivity contribution is 5.30. The molecule has 0 saturated carbocycles. The van der Waals surface area contributed by atoms with Crippen LogP contribution in [-0.2, 0) is 12.8 Å². The molecule has 0 spiro atoms. The summed E-state index contributed by atoms with van der Waals surface area (Å²) in [7, 11) is 0. The molecule has 20 heavy (non-hydrogen) atoms. The number of halogens is 4. The van der Waals surface area contributed by atoms with E-state index in [1.165, 1.54) is 24.3 Å². The van der Waals surface area contributed by atoms with Gasteiger partial charge in [-0.1, -0.05) is 12.1 Å². The molecule has 0 N–H and O–H groups in total. The Bertz CT molecular complexity index is 605. The van der Waals surface area contributed by atoms with Crippen LogP contribution in [0.2, 0.25) is 0 Å². The first-order valence-electron chi connectivity index (χ1n) is 5.91. The molecule has 106 valence electrons. The molecule has 0 aliphatic carbocycles. The highest BCUT2D eigenvalue weighted by atomic mass is 19.4. The van der Waals surface area contributed by atoms with Crippen molar-refractivity contribution in [3.8, 4) is 5.75 Å². The van der Waals surface area contributed by atoms with E-state index >= 15 is 0 Å². The highest BCUT2D eigenvalue weighted by Crippen LogP contribution is 2.29. The number of alkyl halides is 3. The van der Waals surface area contributed by atoms with Gasteiger partial charge in [-0.05, 0) is 48.4 Å². The molecule has 2 aromatic rings. The van der Waals surface area contributed by atoms with Gasteiger partial charge in [0.2, 0.25) is 0 Å². The summed E-state index contributed by atoms with van der Waals surface area (Å²) >= 11 is 0. The largest absolute Gasteiger partial charge is 0.489 e. The summed E-state index contributed by atoms with van der Waals surface area (Å²) in [6.45, 7) is 1.58. The predicted molar refractivity (Wildman–Crippen MR) is 66.9 cm³/mol. The first-order valence-corrected chi connectivity index (χ1v) is 5.91. The predicted octanol–water partition coefficient (Wildman–Crippen LogP) is 4.73. The highest BCUT2D eigenvalue weighted by Gasteiger charge is 2.30. The van der Waals surface area contributed by atoms with Crippen LogP contribution in [-0.4, -0.2) is 0 Å². The Hall–Kier alpha value is -2.04. The van der Waals surface area contributed by atoms with Crippen LogP contribution in [0.15, 0.2) is 42.5 Å². The Balaban J connectivity index is 2.09. The van der Waals surface area contributed by atoms with Crippen LogP contribution >= 0.6 is 0 Å². The maximum absolute atomic E-state index is 13.1. The van der Waals surface area contributed by atoms with Crippen LogP contribution < -0.4 is 4.74 Å². The molecule has 0 unspecified atom stereocenters. The summed E-state index contributed by atoms with van der Waals surface area (Å²) in [5.74, 6) is 0.0673. The zero-order valence-corrected chi connectivity index (χ0v) is 10.7. The topological polar surface area (TPSA) is 9.23 Å². The van der Waals surface area contributed by atoms with Gasteiger partial charge in [-0.25, -0.2) is 4.39 Å². The van der Waals surface area contributed by atoms with Crippen molar-refractivity contribution in [3.05, 3.63) is 65.0 Å². The fraction of sp³-hybridized carbons (Fsp3) is 0.200. The summed E-state index contributed by atoms with van der Waals surface area (Å²) in [5, 5.41) is 0. The fourth-order valence-electron chi connectivity index (χ4n) is 1.71. The molecule has 0 atom stereocenters. The lowest BCUT2D eigenvalue weighted by molar-refractivity contribution is -0.137. The minimum absolute atomic E-state index is 0.00497. The summed E-state index contributed by atoms with van der Waals surface area (Å²) in [4.78, 5) is 0. The SMILES string of the molecule is Cc1cc(OCc2cccc(C(F)(F)F)c2)ccc1F. The minimum Gasteiger partial charge on any atom is -0.489 e. The molecule has 0 amide bonds. The molecular weight excluding hydrogens is 272 g/mol. The number of benzene rings is 2. The number of hydrogen-bond donors (Lipinski definition) is 0. The number of aryl methyl sites for hydroxylation is 1. The van der Waals surface area contributed by atoms with Gasteiger partial charge >= 0.3 is 6.18 Å². The molecule has 0 heterocycles. The Morgan fingerprint density at radius 2 is 1.80 bits per heavy atom. The maximum atomic E-state index is 13.1. The summed E-state index contributed by atoms with van der Waals surface area (Å²) in [5.41, 5.74) is 0.113. The molecule has 0 saturated heterocycles. The van der Waals surface area contributed by atoms with Crippen molar-refractivity contribution in [1.82, 2.24) is 0 Å². The van der Waals surface area contributed by atoms with Crippen molar-refractivity contribution in [2.75, 3.05) is 0 Å². The van der Waals surface area contributed by atoms with Gasteiger partial charge in [-0.2, -0.15) is 13.2 Å². The van der Waals surface area contributed by atoms with Gasteiger partial charge in [0, 0.05) is 0 Å². The molecule has 0 aromatic heterocycles. The normalized spacial score (nSPS) is 11.4. The third-order valence-electron chi connectivity index (χ3n) is 2.79. The van der Waals surface area contributed by atoms with E-state index < -0.39 is 11.7 Å². The smallest absolute Gasteiger partial charge is 0.416 e. The molecule has 2 rings (SSSR count). The minimum atomic E-state index is -4.37. The van der Waals surface area contributed by atoms with E-state index in [4.69, 9.17) is 4.74 Å². The van der Waals surface area contributed by atoms with Gasteiger partial charge in [0.15, 0.2) is 0 Å². The van der Waals surface area contributed by atoms with E-state index in [2.05, 4.69) is 0 Å². The van der Waals surface area contributed by atoms with Gasteiger partial charge in [0.1, 0.15) is 18.2 Å². The standard InChI is InChI=1S/C15H12F4O/c1-10-7-13(5-6-14(10)16)20-9-11-3-2-4-12(8-11)15(17,18)19/h2-8H,9H2,1H3. The zero-order chi connectivity index (χ0) is 14.8. The van der Waals surface area contributed by atoms with Gasteiger partial charge in [0.25, 0.3) is 0 Å². The Morgan fingerprint density at radius 3 is 2.45 bits per heavy atom. The molecule has 0 fully saturated rings. The molecule has 0 bridgehead atoms. The lowest BCUT2D eigenvalue weighted by atomic mass is 10.1. The lowest BCUT2D eigenvalue weighted by Crippen LogP contribution is -2.06. The van der Waals surface area contributed by atoms with E-state index in [0.29, 0.717) is 16.9 Å². The second kappa shape index (κ2) is 5.53. The molecule has 0 aliphatic rings. The quantitative estimate of drug-likeness (QED) is 0.740. The molecule has 5 heteroatoms. The number of ether oxygens (including phenoxy) is 1. The van der Waals surface area contributed by atoms with Gasteiger partial charge in [-0.15, -0.1) is 0 Å². The van der Waals surface area contributed by atoms with Crippen LogP contribution in [0.25, 0.3) is 0 Å². The molecular formula is C15H12F4O. The summed E-state index contributed by atoms with van der Waals surface area (Å²) in [6, 6.07) is 9.13. The summed E-state index contributed by atoms with van der Waals surface area (Å²) in [6.07, 6.45) is -4.37. The number of hydrogen-bond acceptors (Lipinski definition) is 1. The van der Waals surface area contributed by atoms with Crippen LogP contribution in [0.1, 0.15) is 16.7 Å². The van der Waals surface area contributed by atoms with Crippen molar-refractivity contribution in [1.29, 1.82) is 0 Å².